The van der Waals surface area contributed by atoms with Gasteiger partial charge in [0.15, 0.2) is 5.96 Å². The van der Waals surface area contributed by atoms with Crippen LogP contribution in [0.5, 0.6) is 0 Å². The molecule has 2 aliphatic rings. The molecule has 2 rings (SSSR count). The van der Waals surface area contributed by atoms with E-state index in [1.54, 1.807) is 7.11 Å². The van der Waals surface area contributed by atoms with Crippen LogP contribution < -0.4 is 10.6 Å². The molecule has 1 aliphatic heterocycles. The van der Waals surface area contributed by atoms with Gasteiger partial charge in [-0.15, -0.1) is 0 Å². The van der Waals surface area contributed by atoms with Gasteiger partial charge in [-0.1, -0.05) is 13.8 Å². The Kier molecular flexibility index (Phi) is 5.15. The van der Waals surface area contributed by atoms with Crippen LogP contribution >= 0.6 is 0 Å². The molecular weight excluding hydrogens is 266 g/mol. The third-order valence-corrected chi connectivity index (χ3v) is 5.41. The molecule has 0 aromatic heterocycles. The van der Waals surface area contributed by atoms with E-state index in [0.717, 1.165) is 44.9 Å². The second-order valence-corrected chi connectivity index (χ2v) is 6.91. The van der Waals surface area contributed by atoms with E-state index < -0.39 is 0 Å². The molecule has 1 saturated carbocycles. The van der Waals surface area contributed by atoms with Crippen LogP contribution in [0, 0.1) is 5.41 Å². The molecule has 122 valence electrons. The van der Waals surface area contributed by atoms with Crippen molar-refractivity contribution < 1.29 is 9.47 Å². The van der Waals surface area contributed by atoms with Crippen LogP contribution in [0.1, 0.15) is 47.0 Å². The van der Waals surface area contributed by atoms with E-state index in [-0.39, 0.29) is 11.0 Å². The number of hydrogen-bond acceptors (Lipinski definition) is 3. The molecule has 0 bridgehead atoms. The van der Waals surface area contributed by atoms with E-state index in [1.165, 1.54) is 0 Å². The molecule has 0 spiro atoms. The first-order valence-corrected chi connectivity index (χ1v) is 8.14. The number of ether oxygens (including phenoxy) is 2. The molecule has 0 radical (unpaired) electrons. The standard InChI is InChI=1S/C16H31N3O2/c1-6-17-14(18-11-12-8-7-9-21-12)19-13-10-16(4,20-5)15(13,2)3/h12-13H,6-11H2,1-5H3,(H2,17,18,19). The molecule has 0 aromatic carbocycles. The zero-order chi connectivity index (χ0) is 15.5. The zero-order valence-electron chi connectivity index (χ0n) is 14.2. The summed E-state index contributed by atoms with van der Waals surface area (Å²) in [6.07, 6.45) is 3.57. The molecule has 5 nitrogen and oxygen atoms in total. The lowest BCUT2D eigenvalue weighted by Gasteiger charge is -2.59. The van der Waals surface area contributed by atoms with Crippen molar-refractivity contribution in [2.45, 2.75) is 64.7 Å². The lowest BCUT2D eigenvalue weighted by molar-refractivity contribution is -0.176. The topological polar surface area (TPSA) is 54.9 Å². The van der Waals surface area contributed by atoms with Gasteiger partial charge in [0.25, 0.3) is 0 Å². The lowest BCUT2D eigenvalue weighted by Crippen LogP contribution is -2.69. The highest BCUT2D eigenvalue weighted by atomic mass is 16.5. The highest BCUT2D eigenvalue weighted by Gasteiger charge is 2.58. The molecule has 1 aliphatic carbocycles. The van der Waals surface area contributed by atoms with Crippen molar-refractivity contribution in [3.05, 3.63) is 0 Å². The van der Waals surface area contributed by atoms with E-state index in [4.69, 9.17) is 9.47 Å². The summed E-state index contributed by atoms with van der Waals surface area (Å²) in [5.74, 6) is 0.893. The molecule has 1 heterocycles. The minimum atomic E-state index is -0.0590. The van der Waals surface area contributed by atoms with Gasteiger partial charge in [-0.2, -0.15) is 0 Å². The second-order valence-electron chi connectivity index (χ2n) is 6.91. The fourth-order valence-electron chi connectivity index (χ4n) is 3.19. The molecule has 21 heavy (non-hydrogen) atoms. The van der Waals surface area contributed by atoms with E-state index >= 15 is 0 Å². The Hall–Kier alpha value is -0.810. The van der Waals surface area contributed by atoms with Crippen molar-refractivity contribution in [1.29, 1.82) is 0 Å². The third-order valence-electron chi connectivity index (χ3n) is 5.41. The minimum absolute atomic E-state index is 0.0590. The van der Waals surface area contributed by atoms with Crippen molar-refractivity contribution in [2.24, 2.45) is 10.4 Å². The van der Waals surface area contributed by atoms with Crippen LogP contribution in [0.4, 0.5) is 0 Å². The average molecular weight is 297 g/mol. The van der Waals surface area contributed by atoms with Crippen LogP contribution in [-0.4, -0.2) is 50.5 Å². The first-order chi connectivity index (χ1) is 9.93. The molecule has 5 heteroatoms. The SMILES string of the molecule is CCNC(=NCC1CCCO1)NC1CC(C)(OC)C1(C)C. The second kappa shape index (κ2) is 6.53. The van der Waals surface area contributed by atoms with Gasteiger partial charge >= 0.3 is 0 Å². The maximum absolute atomic E-state index is 5.68. The van der Waals surface area contributed by atoms with Crippen molar-refractivity contribution in [2.75, 3.05) is 26.8 Å². The number of guanidine groups is 1. The first-order valence-electron chi connectivity index (χ1n) is 8.14. The Morgan fingerprint density at radius 2 is 2.14 bits per heavy atom. The maximum Gasteiger partial charge on any atom is 0.191 e. The van der Waals surface area contributed by atoms with E-state index in [1.807, 2.05) is 0 Å². The fraction of sp³-hybridized carbons (Fsp3) is 0.938. The summed E-state index contributed by atoms with van der Waals surface area (Å²) < 4.78 is 11.3. The Morgan fingerprint density at radius 3 is 2.67 bits per heavy atom. The van der Waals surface area contributed by atoms with E-state index in [0.29, 0.717) is 12.1 Å². The van der Waals surface area contributed by atoms with Gasteiger partial charge in [-0.3, -0.25) is 4.99 Å². The predicted molar refractivity (Wildman–Crippen MR) is 85.7 cm³/mol. The van der Waals surface area contributed by atoms with E-state index in [2.05, 4.69) is 43.3 Å². The number of rotatable bonds is 5. The van der Waals surface area contributed by atoms with Crippen LogP contribution in [0.25, 0.3) is 0 Å². The molecule has 2 N–H and O–H groups in total. The molecule has 2 fully saturated rings. The average Bonchev–Trinajstić information content (AvgIpc) is 2.97. The minimum Gasteiger partial charge on any atom is -0.378 e. The highest BCUT2D eigenvalue weighted by Crippen LogP contribution is 2.51. The largest absolute Gasteiger partial charge is 0.378 e. The fourth-order valence-corrected chi connectivity index (χ4v) is 3.19. The summed E-state index contributed by atoms with van der Waals surface area (Å²) in [4.78, 5) is 4.69. The van der Waals surface area contributed by atoms with Crippen molar-refractivity contribution in [3.63, 3.8) is 0 Å². The smallest absolute Gasteiger partial charge is 0.191 e. The summed E-state index contributed by atoms with van der Waals surface area (Å²) in [6.45, 7) is 11.3. The monoisotopic (exact) mass is 297 g/mol. The van der Waals surface area contributed by atoms with Gasteiger partial charge < -0.3 is 20.1 Å². The summed E-state index contributed by atoms with van der Waals surface area (Å²) in [5, 5.41) is 6.89. The quantitative estimate of drug-likeness (QED) is 0.601. The molecule has 0 amide bonds. The van der Waals surface area contributed by atoms with Crippen molar-refractivity contribution >= 4 is 5.96 Å². The van der Waals surface area contributed by atoms with Gasteiger partial charge in [0.2, 0.25) is 0 Å². The van der Waals surface area contributed by atoms with Gasteiger partial charge in [0.05, 0.1) is 18.2 Å². The zero-order valence-corrected chi connectivity index (χ0v) is 14.2. The van der Waals surface area contributed by atoms with Crippen molar-refractivity contribution in [1.82, 2.24) is 10.6 Å². The molecule has 0 aromatic rings. The Balaban J connectivity index is 1.92. The summed E-state index contributed by atoms with van der Waals surface area (Å²) >= 11 is 0. The van der Waals surface area contributed by atoms with Crippen LogP contribution in [-0.2, 0) is 9.47 Å². The van der Waals surface area contributed by atoms with Crippen LogP contribution in [0.2, 0.25) is 0 Å². The van der Waals surface area contributed by atoms with E-state index in [9.17, 15) is 0 Å². The number of methoxy groups -OCH3 is 1. The van der Waals surface area contributed by atoms with Crippen LogP contribution in [0.3, 0.4) is 0 Å². The van der Waals surface area contributed by atoms with Gasteiger partial charge in [-0.25, -0.2) is 0 Å². The first kappa shape index (κ1) is 16.6. The number of hydrogen-bond donors (Lipinski definition) is 2. The maximum atomic E-state index is 5.68. The van der Waals surface area contributed by atoms with Gasteiger partial charge in [0.1, 0.15) is 0 Å². The third kappa shape index (κ3) is 3.34. The molecular formula is C16H31N3O2. The number of nitrogens with one attached hydrogen (secondary N) is 2. The Labute approximate surface area is 128 Å². The Morgan fingerprint density at radius 1 is 1.38 bits per heavy atom. The number of nitrogens with zero attached hydrogens (tertiary/aromatic N) is 1. The molecule has 3 atom stereocenters. The summed E-state index contributed by atoms with van der Waals surface area (Å²) in [7, 11) is 1.80. The predicted octanol–water partition coefficient (Wildman–Crippen LogP) is 1.92. The summed E-state index contributed by atoms with van der Waals surface area (Å²) in [5.41, 5.74) is 0.0261. The normalized spacial score (nSPS) is 35.4. The molecule has 3 unspecified atom stereocenters. The van der Waals surface area contributed by atoms with Gasteiger partial charge in [-0.05, 0) is 33.1 Å². The number of aliphatic imine (C=N–C) groups is 1. The Bertz CT molecular complexity index is 378. The van der Waals surface area contributed by atoms with Crippen LogP contribution in [0.15, 0.2) is 4.99 Å². The lowest BCUT2D eigenvalue weighted by atomic mass is 9.56. The highest BCUT2D eigenvalue weighted by molar-refractivity contribution is 5.80. The summed E-state index contributed by atoms with van der Waals surface area (Å²) in [6, 6.07) is 0.379. The molecule has 1 saturated heterocycles. The van der Waals surface area contributed by atoms with Gasteiger partial charge in [0, 0.05) is 31.7 Å². The van der Waals surface area contributed by atoms with Crippen molar-refractivity contribution in [3.8, 4) is 0 Å².